The van der Waals surface area contributed by atoms with E-state index < -0.39 is 84.9 Å². The predicted octanol–water partition coefficient (Wildman–Crippen LogP) is 0.809. The molecule has 3 aliphatic heterocycles. The number of carbonyl (C=O) groups is 3. The SMILES string of the molecule is CC(=O)O[C@H]1[C@@H](OC(C)=O)[C@H](O[C@H]2CC[C@@]3(C)[C@H](CC[C@@H]4[C@@H]3C=C[C@]3(C)[C@@H](C5=CC(=O)OC5)CC[C@]43O)C2)O[C@H](CO)[C@H]1O[C@@H]1OC[C@@H](O)[C@H](O)[C@H]1O. The molecule has 0 radical (unpaired) electrons. The molecule has 0 bridgehead atoms. The van der Waals surface area contributed by atoms with Gasteiger partial charge in [-0.2, -0.15) is 0 Å². The van der Waals surface area contributed by atoms with Gasteiger partial charge in [0.1, 0.15) is 37.1 Å². The monoisotopic (exact) mass is 750 g/mol. The molecule has 7 aliphatic rings. The third-order valence-electron chi connectivity index (χ3n) is 13.8. The zero-order chi connectivity index (χ0) is 38.0. The minimum Gasteiger partial charge on any atom is -0.458 e. The molecule has 15 heteroatoms. The van der Waals surface area contributed by atoms with Crippen molar-refractivity contribution < 1.29 is 73.1 Å². The molecule has 17 atom stereocenters. The number of hydrogen-bond acceptors (Lipinski definition) is 15. The van der Waals surface area contributed by atoms with Crippen LogP contribution in [0.4, 0.5) is 0 Å². The van der Waals surface area contributed by atoms with Crippen LogP contribution in [0.3, 0.4) is 0 Å². The van der Waals surface area contributed by atoms with E-state index >= 15 is 0 Å². The van der Waals surface area contributed by atoms with Gasteiger partial charge in [0.2, 0.25) is 0 Å². The van der Waals surface area contributed by atoms with Gasteiger partial charge in [-0.15, -0.1) is 0 Å². The quantitative estimate of drug-likeness (QED) is 0.100. The van der Waals surface area contributed by atoms with Gasteiger partial charge in [0.05, 0.1) is 24.9 Å². The van der Waals surface area contributed by atoms with Crippen molar-refractivity contribution in [3.05, 3.63) is 23.8 Å². The van der Waals surface area contributed by atoms with Gasteiger partial charge in [-0.3, -0.25) is 9.59 Å². The van der Waals surface area contributed by atoms with E-state index in [1.807, 2.05) is 0 Å². The van der Waals surface area contributed by atoms with E-state index in [0.717, 1.165) is 38.2 Å². The second-order valence-corrected chi connectivity index (χ2v) is 16.7. The first-order valence-electron chi connectivity index (χ1n) is 19.0. The Morgan fingerprint density at radius 1 is 0.925 bits per heavy atom. The highest BCUT2D eigenvalue weighted by Crippen LogP contribution is 2.67. The lowest BCUT2D eigenvalue weighted by Gasteiger charge is -2.61. The number of hydrogen-bond donors (Lipinski definition) is 5. The summed E-state index contributed by atoms with van der Waals surface area (Å²) in [5.41, 5.74) is -0.595. The molecule has 296 valence electrons. The molecule has 0 aromatic carbocycles. The summed E-state index contributed by atoms with van der Waals surface area (Å²) in [7, 11) is 0. The molecule has 15 nitrogen and oxygen atoms in total. The van der Waals surface area contributed by atoms with E-state index in [0.29, 0.717) is 19.3 Å². The zero-order valence-electron chi connectivity index (χ0n) is 30.7. The van der Waals surface area contributed by atoms with Crippen LogP contribution < -0.4 is 0 Å². The van der Waals surface area contributed by atoms with Gasteiger partial charge in [0.15, 0.2) is 24.8 Å². The average molecular weight is 751 g/mol. The first kappa shape index (κ1) is 38.8. The summed E-state index contributed by atoms with van der Waals surface area (Å²) in [6.45, 7) is 6.07. The van der Waals surface area contributed by atoms with Crippen LogP contribution in [0.25, 0.3) is 0 Å². The number of esters is 3. The smallest absolute Gasteiger partial charge is 0.331 e. The normalized spacial score (nSPS) is 49.2. The minimum absolute atomic E-state index is 0.0368. The zero-order valence-corrected chi connectivity index (χ0v) is 30.7. The largest absolute Gasteiger partial charge is 0.458 e. The van der Waals surface area contributed by atoms with Crippen LogP contribution in [0.5, 0.6) is 0 Å². The van der Waals surface area contributed by atoms with Crippen LogP contribution in [0.15, 0.2) is 23.8 Å². The van der Waals surface area contributed by atoms with Gasteiger partial charge in [0, 0.05) is 25.3 Å². The fourth-order valence-corrected chi connectivity index (χ4v) is 11.0. The van der Waals surface area contributed by atoms with Crippen molar-refractivity contribution in [3.63, 3.8) is 0 Å². The fourth-order valence-electron chi connectivity index (χ4n) is 11.0. The minimum atomic E-state index is -1.68. The summed E-state index contributed by atoms with van der Waals surface area (Å²) >= 11 is 0. The first-order chi connectivity index (χ1) is 25.1. The van der Waals surface area contributed by atoms with E-state index in [2.05, 4.69) is 26.0 Å². The number of ether oxygens (including phenoxy) is 7. The van der Waals surface area contributed by atoms with Crippen molar-refractivity contribution in [2.75, 3.05) is 19.8 Å². The van der Waals surface area contributed by atoms with Crippen LogP contribution in [0.1, 0.15) is 72.6 Å². The molecule has 0 spiro atoms. The van der Waals surface area contributed by atoms with Crippen molar-refractivity contribution >= 4 is 17.9 Å². The lowest BCUT2D eigenvalue weighted by molar-refractivity contribution is -0.355. The summed E-state index contributed by atoms with van der Waals surface area (Å²) in [6.07, 6.45) is -1.61. The highest BCUT2D eigenvalue weighted by Gasteiger charge is 2.66. The average Bonchev–Trinajstić information content (AvgIpc) is 3.66. The Labute approximate surface area is 308 Å². The second-order valence-electron chi connectivity index (χ2n) is 16.7. The standard InChI is InChI=1S/C38H54O15/c1-18(40)49-32-31(53-34-30(45)29(44)26(42)17-48-34)27(15-39)52-35(33(32)50-19(2)41)51-22-7-10-36(3)21(14-22)5-6-25-24(36)8-11-37(4)23(9-12-38(25,37)46)20-13-28(43)47-16-20/h8,11,13,21-27,29-35,39,42,44-46H,5-7,9-10,12,14-17H2,1-4H3/t21-,22+,23-,24+,25-,26-,27-,29+,30-,31-,32-,33-,34+,35-,36+,37-,38+/m1/s1. The lowest BCUT2D eigenvalue weighted by Crippen LogP contribution is -2.65. The third kappa shape index (κ3) is 6.67. The van der Waals surface area contributed by atoms with Crippen LogP contribution in [-0.2, 0) is 47.5 Å². The molecule has 3 saturated carbocycles. The number of allylic oxidation sites excluding steroid dienone is 1. The number of aliphatic hydroxyl groups is 5. The molecule has 0 amide bonds. The molecule has 7 rings (SSSR count). The molecule has 2 saturated heterocycles. The van der Waals surface area contributed by atoms with Gasteiger partial charge >= 0.3 is 17.9 Å². The molecule has 0 aromatic heterocycles. The summed E-state index contributed by atoms with van der Waals surface area (Å²) in [6, 6.07) is 0. The Hall–Kier alpha value is -2.47. The molecule has 0 unspecified atom stereocenters. The number of rotatable bonds is 8. The fraction of sp³-hybridized carbons (Fsp3) is 0.816. The van der Waals surface area contributed by atoms with Crippen LogP contribution in [-0.4, -0.2) is 130 Å². The van der Waals surface area contributed by atoms with Gasteiger partial charge in [-0.1, -0.05) is 26.0 Å². The van der Waals surface area contributed by atoms with E-state index in [1.165, 1.54) is 6.92 Å². The topological polar surface area (TPSA) is 217 Å². The summed E-state index contributed by atoms with van der Waals surface area (Å²) in [5.74, 6) is -1.31. The highest BCUT2D eigenvalue weighted by molar-refractivity contribution is 5.85. The maximum atomic E-state index is 12.5. The van der Waals surface area contributed by atoms with Crippen molar-refractivity contribution in [1.29, 1.82) is 0 Å². The Bertz CT molecular complexity index is 1480. The molecule has 4 aliphatic carbocycles. The highest BCUT2D eigenvalue weighted by atomic mass is 16.8. The van der Waals surface area contributed by atoms with Crippen molar-refractivity contribution in [3.8, 4) is 0 Å². The van der Waals surface area contributed by atoms with Crippen LogP contribution in [0, 0.1) is 34.5 Å². The second kappa shape index (κ2) is 14.6. The lowest BCUT2D eigenvalue weighted by atomic mass is 9.45. The third-order valence-corrected chi connectivity index (χ3v) is 13.8. The molecule has 3 heterocycles. The van der Waals surface area contributed by atoms with Gasteiger partial charge in [-0.25, -0.2) is 4.79 Å². The van der Waals surface area contributed by atoms with E-state index in [-0.39, 0.29) is 54.4 Å². The Kier molecular flexibility index (Phi) is 10.7. The Morgan fingerprint density at radius 2 is 1.66 bits per heavy atom. The summed E-state index contributed by atoms with van der Waals surface area (Å²) in [5, 5.41) is 53.6. The Morgan fingerprint density at radius 3 is 2.34 bits per heavy atom. The van der Waals surface area contributed by atoms with Crippen molar-refractivity contribution in [2.45, 2.75) is 140 Å². The molecular formula is C38H54O15. The maximum absolute atomic E-state index is 12.5. The van der Waals surface area contributed by atoms with Crippen LogP contribution in [0.2, 0.25) is 0 Å². The predicted molar refractivity (Wildman–Crippen MR) is 180 cm³/mol. The Balaban J connectivity index is 1.08. The van der Waals surface area contributed by atoms with E-state index in [9.17, 15) is 39.9 Å². The first-order valence-corrected chi connectivity index (χ1v) is 19.0. The summed E-state index contributed by atoms with van der Waals surface area (Å²) < 4.78 is 40.7. The number of fused-ring (bicyclic) bond motifs is 5. The molecule has 0 aromatic rings. The van der Waals surface area contributed by atoms with Crippen molar-refractivity contribution in [1.82, 2.24) is 0 Å². The van der Waals surface area contributed by atoms with E-state index in [4.69, 9.17) is 33.2 Å². The number of aliphatic hydroxyl groups excluding tert-OH is 4. The molecule has 5 fully saturated rings. The summed E-state index contributed by atoms with van der Waals surface area (Å²) in [4.78, 5) is 36.7. The molecule has 5 N–H and O–H groups in total. The van der Waals surface area contributed by atoms with Crippen molar-refractivity contribution in [2.24, 2.45) is 34.5 Å². The number of cyclic esters (lactones) is 1. The number of carbonyl (C=O) groups excluding carboxylic acids is 3. The van der Waals surface area contributed by atoms with Crippen LogP contribution >= 0.6 is 0 Å². The molecular weight excluding hydrogens is 696 g/mol. The van der Waals surface area contributed by atoms with E-state index in [1.54, 1.807) is 6.08 Å². The van der Waals surface area contributed by atoms with Gasteiger partial charge < -0.3 is 58.7 Å². The molecule has 53 heavy (non-hydrogen) atoms. The van der Waals surface area contributed by atoms with Gasteiger partial charge in [0.25, 0.3) is 0 Å². The maximum Gasteiger partial charge on any atom is 0.331 e. The van der Waals surface area contributed by atoms with Gasteiger partial charge in [-0.05, 0) is 79.6 Å².